The van der Waals surface area contributed by atoms with Crippen molar-refractivity contribution in [1.82, 2.24) is 20.7 Å². The van der Waals surface area contributed by atoms with Crippen LogP contribution >= 0.6 is 24.0 Å². The van der Waals surface area contributed by atoms with E-state index in [-0.39, 0.29) is 24.0 Å². The minimum Gasteiger partial charge on any atom is -0.359 e. The Hall–Kier alpha value is -1.61. The van der Waals surface area contributed by atoms with Crippen LogP contribution in [0.4, 0.5) is 0 Å². The molecular weight excluding hydrogens is 453 g/mol. The van der Waals surface area contributed by atoms with E-state index in [0.717, 1.165) is 43.5 Å². The molecule has 7 heteroatoms. The Morgan fingerprint density at radius 1 is 1.22 bits per heavy atom. The van der Waals surface area contributed by atoms with E-state index in [1.807, 2.05) is 6.07 Å². The maximum atomic E-state index is 5.32. The van der Waals surface area contributed by atoms with Gasteiger partial charge < -0.3 is 15.2 Å². The number of rotatable bonds is 7. The van der Waals surface area contributed by atoms with Gasteiger partial charge in [-0.2, -0.15) is 0 Å². The molecule has 1 aliphatic rings. The summed E-state index contributed by atoms with van der Waals surface area (Å²) in [4.78, 5) is 6.89. The number of hydrogen-bond acceptors (Lipinski definition) is 4. The number of aromatic nitrogens is 1. The summed E-state index contributed by atoms with van der Waals surface area (Å²) in [6.07, 6.45) is 3.44. The Balaban J connectivity index is 0.00000261. The van der Waals surface area contributed by atoms with E-state index in [9.17, 15) is 0 Å². The number of aliphatic imine (C=N–C) groups is 1. The van der Waals surface area contributed by atoms with Gasteiger partial charge in [-0.3, -0.25) is 9.89 Å². The van der Waals surface area contributed by atoms with Crippen molar-refractivity contribution < 1.29 is 4.52 Å². The highest BCUT2D eigenvalue weighted by atomic mass is 127. The molecule has 1 unspecified atom stereocenters. The molecule has 0 amide bonds. The normalized spacial score (nSPS) is 16.0. The van der Waals surface area contributed by atoms with Crippen molar-refractivity contribution in [2.45, 2.75) is 38.8 Å². The van der Waals surface area contributed by atoms with Crippen molar-refractivity contribution in [3.05, 3.63) is 53.4 Å². The molecule has 1 fully saturated rings. The van der Waals surface area contributed by atoms with Crippen LogP contribution in [0.3, 0.4) is 0 Å². The molecule has 0 radical (unpaired) electrons. The van der Waals surface area contributed by atoms with Gasteiger partial charge in [0.1, 0.15) is 0 Å². The second-order valence-corrected chi connectivity index (χ2v) is 6.61. The maximum Gasteiger partial charge on any atom is 0.191 e. The van der Waals surface area contributed by atoms with Crippen molar-refractivity contribution in [2.75, 3.05) is 26.7 Å². The van der Waals surface area contributed by atoms with E-state index in [1.165, 1.54) is 18.4 Å². The highest BCUT2D eigenvalue weighted by molar-refractivity contribution is 14.0. The lowest BCUT2D eigenvalue weighted by Crippen LogP contribution is -2.42. The highest BCUT2D eigenvalue weighted by Crippen LogP contribution is 2.24. The first-order valence-electron chi connectivity index (χ1n) is 9.48. The van der Waals surface area contributed by atoms with E-state index in [0.29, 0.717) is 12.6 Å². The summed E-state index contributed by atoms with van der Waals surface area (Å²) < 4.78 is 5.32. The largest absolute Gasteiger partial charge is 0.359 e. The summed E-state index contributed by atoms with van der Waals surface area (Å²) in [5, 5.41) is 10.8. The summed E-state index contributed by atoms with van der Waals surface area (Å²) in [6, 6.07) is 13.1. The first kappa shape index (κ1) is 21.7. The van der Waals surface area contributed by atoms with E-state index in [2.05, 4.69) is 62.9 Å². The van der Waals surface area contributed by atoms with Crippen LogP contribution in [-0.2, 0) is 13.0 Å². The number of guanidine groups is 1. The highest BCUT2D eigenvalue weighted by Gasteiger charge is 2.23. The summed E-state index contributed by atoms with van der Waals surface area (Å²) in [5.41, 5.74) is 2.32. The van der Waals surface area contributed by atoms with Crippen LogP contribution in [0.25, 0.3) is 0 Å². The molecule has 2 aromatic rings. The summed E-state index contributed by atoms with van der Waals surface area (Å²) >= 11 is 0. The minimum atomic E-state index is 0. The van der Waals surface area contributed by atoms with Gasteiger partial charge in [-0.25, -0.2) is 0 Å². The van der Waals surface area contributed by atoms with Crippen molar-refractivity contribution in [3.8, 4) is 0 Å². The zero-order valence-electron chi connectivity index (χ0n) is 16.1. The van der Waals surface area contributed by atoms with Crippen molar-refractivity contribution in [2.24, 2.45) is 4.99 Å². The molecule has 27 heavy (non-hydrogen) atoms. The maximum absolute atomic E-state index is 5.32. The quantitative estimate of drug-likeness (QED) is 0.359. The Bertz CT molecular complexity index is 697. The van der Waals surface area contributed by atoms with E-state index >= 15 is 0 Å². The molecule has 6 nitrogen and oxygen atoms in total. The first-order chi connectivity index (χ1) is 12.8. The molecule has 0 aliphatic carbocycles. The summed E-state index contributed by atoms with van der Waals surface area (Å²) in [5.74, 6) is 1.60. The average Bonchev–Trinajstić information content (AvgIpc) is 3.37. The standard InChI is InChI=1S/C20H29N5O.HI/c1-3-17-13-18(26-24-17)14-22-20(21-2)23-15-19(25-11-7-8-12-25)16-9-5-4-6-10-16;/h4-6,9-10,13,19H,3,7-8,11-12,14-15H2,1-2H3,(H2,21,22,23);1H. The van der Waals surface area contributed by atoms with Crippen molar-refractivity contribution in [3.63, 3.8) is 0 Å². The number of nitrogens with one attached hydrogen (secondary N) is 2. The van der Waals surface area contributed by atoms with E-state index < -0.39 is 0 Å². The van der Waals surface area contributed by atoms with E-state index in [1.54, 1.807) is 7.05 Å². The predicted molar refractivity (Wildman–Crippen MR) is 119 cm³/mol. The lowest BCUT2D eigenvalue weighted by molar-refractivity contribution is 0.245. The average molecular weight is 483 g/mol. The lowest BCUT2D eigenvalue weighted by Gasteiger charge is -2.28. The molecule has 3 rings (SSSR count). The Morgan fingerprint density at radius 2 is 1.96 bits per heavy atom. The fourth-order valence-corrected chi connectivity index (χ4v) is 3.38. The predicted octanol–water partition coefficient (Wildman–Crippen LogP) is 3.36. The van der Waals surface area contributed by atoms with Gasteiger partial charge in [0, 0.05) is 19.7 Å². The molecule has 1 saturated heterocycles. The molecule has 2 N–H and O–H groups in total. The van der Waals surface area contributed by atoms with Crippen LogP contribution in [0.15, 0.2) is 45.9 Å². The number of aryl methyl sites for hydroxylation is 1. The third kappa shape index (κ3) is 6.21. The SMILES string of the molecule is CCc1cc(CNC(=NC)NCC(c2ccccc2)N2CCCC2)on1.I. The molecule has 148 valence electrons. The van der Waals surface area contributed by atoms with Crippen molar-refractivity contribution in [1.29, 1.82) is 0 Å². The molecule has 1 aromatic carbocycles. The molecule has 0 spiro atoms. The summed E-state index contributed by atoms with van der Waals surface area (Å²) in [6.45, 7) is 5.78. The third-order valence-electron chi connectivity index (χ3n) is 4.85. The number of halogens is 1. The van der Waals surface area contributed by atoms with Crippen LogP contribution in [0.5, 0.6) is 0 Å². The van der Waals surface area contributed by atoms with Crippen LogP contribution in [0.2, 0.25) is 0 Å². The van der Waals surface area contributed by atoms with Crippen LogP contribution in [-0.4, -0.2) is 42.7 Å². The topological polar surface area (TPSA) is 65.7 Å². The van der Waals surface area contributed by atoms with Crippen LogP contribution in [0.1, 0.15) is 42.8 Å². The monoisotopic (exact) mass is 483 g/mol. The van der Waals surface area contributed by atoms with Gasteiger partial charge >= 0.3 is 0 Å². The second kappa shape index (κ2) is 11.3. The van der Waals surface area contributed by atoms with Crippen LogP contribution in [0, 0.1) is 0 Å². The van der Waals surface area contributed by atoms with E-state index in [4.69, 9.17) is 4.52 Å². The van der Waals surface area contributed by atoms with Crippen LogP contribution < -0.4 is 10.6 Å². The van der Waals surface area contributed by atoms with Gasteiger partial charge in [0.25, 0.3) is 0 Å². The fourth-order valence-electron chi connectivity index (χ4n) is 3.38. The van der Waals surface area contributed by atoms with Gasteiger partial charge in [-0.05, 0) is 37.9 Å². The summed E-state index contributed by atoms with van der Waals surface area (Å²) in [7, 11) is 1.79. The Labute approximate surface area is 178 Å². The fraction of sp³-hybridized carbons (Fsp3) is 0.500. The minimum absolute atomic E-state index is 0. The number of nitrogens with zero attached hydrogens (tertiary/aromatic N) is 3. The molecule has 2 heterocycles. The van der Waals surface area contributed by atoms with Crippen molar-refractivity contribution >= 4 is 29.9 Å². The zero-order chi connectivity index (χ0) is 18.2. The number of benzene rings is 1. The molecule has 1 aromatic heterocycles. The molecular formula is C20H30IN5O. The number of likely N-dealkylation sites (tertiary alicyclic amines) is 1. The smallest absolute Gasteiger partial charge is 0.191 e. The Kier molecular flexibility index (Phi) is 9.06. The van der Waals surface area contributed by atoms with Gasteiger partial charge in [-0.15, -0.1) is 24.0 Å². The third-order valence-corrected chi connectivity index (χ3v) is 4.85. The first-order valence-corrected chi connectivity index (χ1v) is 9.48. The van der Waals surface area contributed by atoms with Gasteiger partial charge in [-0.1, -0.05) is 42.4 Å². The Morgan fingerprint density at radius 3 is 2.59 bits per heavy atom. The molecule has 1 aliphatic heterocycles. The zero-order valence-corrected chi connectivity index (χ0v) is 18.5. The molecule has 0 bridgehead atoms. The number of hydrogen-bond donors (Lipinski definition) is 2. The molecule has 1 atom stereocenters. The van der Waals surface area contributed by atoms with Gasteiger partial charge in [0.05, 0.1) is 18.3 Å². The van der Waals surface area contributed by atoms with Gasteiger partial charge in [0.15, 0.2) is 11.7 Å². The van der Waals surface area contributed by atoms with Gasteiger partial charge in [0.2, 0.25) is 0 Å². The lowest BCUT2D eigenvalue weighted by atomic mass is 10.1. The molecule has 0 saturated carbocycles. The second-order valence-electron chi connectivity index (χ2n) is 6.61.